The minimum absolute atomic E-state index is 0.186. The van der Waals surface area contributed by atoms with E-state index in [0.717, 1.165) is 43.9 Å². The van der Waals surface area contributed by atoms with Gasteiger partial charge in [0.15, 0.2) is 0 Å². The summed E-state index contributed by atoms with van der Waals surface area (Å²) in [6.45, 7) is 8.93. The first-order valence-corrected chi connectivity index (χ1v) is 14.7. The van der Waals surface area contributed by atoms with E-state index < -0.39 is 5.97 Å². The highest BCUT2D eigenvalue weighted by Crippen LogP contribution is 2.35. The predicted molar refractivity (Wildman–Crippen MR) is 166 cm³/mol. The maximum Gasteiger partial charge on any atom is 0.335 e. The van der Waals surface area contributed by atoms with Crippen LogP contribution in [0.2, 0.25) is 5.02 Å². The van der Waals surface area contributed by atoms with Gasteiger partial charge in [-0.05, 0) is 92.6 Å². The van der Waals surface area contributed by atoms with Crippen LogP contribution in [0.5, 0.6) is 5.75 Å². The van der Waals surface area contributed by atoms with E-state index in [1.807, 2.05) is 26.0 Å². The summed E-state index contributed by atoms with van der Waals surface area (Å²) >= 11 is 6.31. The van der Waals surface area contributed by atoms with Gasteiger partial charge in [0, 0.05) is 40.5 Å². The highest BCUT2D eigenvalue weighted by atomic mass is 35.5. The number of aromatic nitrogens is 1. The van der Waals surface area contributed by atoms with E-state index in [-0.39, 0.29) is 36.0 Å². The molecule has 1 aliphatic rings. The number of benzene rings is 3. The van der Waals surface area contributed by atoms with Crippen LogP contribution in [0.1, 0.15) is 74.8 Å². The summed E-state index contributed by atoms with van der Waals surface area (Å²) in [5.74, 6) is -0.239. The van der Waals surface area contributed by atoms with Crippen molar-refractivity contribution in [2.75, 3.05) is 6.61 Å². The van der Waals surface area contributed by atoms with E-state index >= 15 is 0 Å². The highest BCUT2D eigenvalue weighted by Gasteiger charge is 2.33. The number of para-hydroxylation sites is 1. The van der Waals surface area contributed by atoms with Gasteiger partial charge < -0.3 is 20.1 Å². The number of hydrogen-bond donors (Lipinski definition) is 5. The summed E-state index contributed by atoms with van der Waals surface area (Å²) in [6.07, 6.45) is 1.34. The number of ether oxygens (including phenoxy) is 1. The fraction of sp³-hybridized carbons (Fsp3) is 0.333. The fourth-order valence-corrected chi connectivity index (χ4v) is 6.06. The Morgan fingerprint density at radius 3 is 2.38 bits per heavy atom. The molecule has 5 N–H and O–H groups in total. The topological polar surface area (TPSA) is 115 Å². The number of aromatic carboxylic acids is 1. The lowest BCUT2D eigenvalue weighted by atomic mass is 9.87. The minimum atomic E-state index is -1.00. The zero-order valence-corrected chi connectivity index (χ0v) is 25.1. The first kappa shape index (κ1) is 29.6. The molecule has 1 amide bonds. The Morgan fingerprint density at radius 1 is 1.00 bits per heavy atom. The van der Waals surface area contributed by atoms with Gasteiger partial charge in [-0.2, -0.15) is 0 Å². The van der Waals surface area contributed by atoms with Crippen LogP contribution in [0, 0.1) is 13.8 Å². The van der Waals surface area contributed by atoms with Crippen molar-refractivity contribution in [3.63, 3.8) is 0 Å². The van der Waals surface area contributed by atoms with Crippen molar-refractivity contribution < 1.29 is 19.4 Å². The quantitative estimate of drug-likeness (QED) is 0.144. The molecule has 0 spiro atoms. The Balaban J connectivity index is 1.41. The monoisotopic (exact) mass is 588 g/mol. The van der Waals surface area contributed by atoms with Crippen molar-refractivity contribution in [2.45, 2.75) is 65.1 Å². The number of aromatic amines is 1. The summed E-state index contributed by atoms with van der Waals surface area (Å²) < 4.78 is 6.07. The van der Waals surface area contributed by atoms with Gasteiger partial charge in [0.1, 0.15) is 11.4 Å². The first-order chi connectivity index (χ1) is 20.1. The van der Waals surface area contributed by atoms with Gasteiger partial charge in [-0.15, -0.1) is 0 Å². The second-order valence-electron chi connectivity index (χ2n) is 11.2. The zero-order chi connectivity index (χ0) is 30.0. The van der Waals surface area contributed by atoms with E-state index in [4.69, 9.17) is 16.3 Å². The van der Waals surface area contributed by atoms with Gasteiger partial charge in [-0.25, -0.2) is 4.79 Å². The van der Waals surface area contributed by atoms with Crippen LogP contribution in [0.25, 0.3) is 10.9 Å². The average molecular weight is 589 g/mol. The van der Waals surface area contributed by atoms with Crippen LogP contribution in [-0.2, 0) is 13.0 Å². The van der Waals surface area contributed by atoms with Crippen LogP contribution in [0.3, 0.4) is 0 Å². The number of nitrogens with one attached hydrogen (secondary N) is 4. The second-order valence-corrected chi connectivity index (χ2v) is 11.5. The van der Waals surface area contributed by atoms with Crippen LogP contribution < -0.4 is 20.9 Å². The van der Waals surface area contributed by atoms with Crippen molar-refractivity contribution in [2.24, 2.45) is 0 Å². The summed E-state index contributed by atoms with van der Waals surface area (Å²) in [5, 5.41) is 14.1. The van der Waals surface area contributed by atoms with Crippen molar-refractivity contribution in [3.8, 4) is 5.75 Å². The lowest BCUT2D eigenvalue weighted by Gasteiger charge is -2.19. The zero-order valence-electron chi connectivity index (χ0n) is 24.3. The highest BCUT2D eigenvalue weighted by molar-refractivity contribution is 6.32. The largest absolute Gasteiger partial charge is 0.494 e. The lowest BCUT2D eigenvalue weighted by Crippen LogP contribution is -2.30. The number of carboxylic acid groups (broad SMARTS) is 1. The minimum Gasteiger partial charge on any atom is -0.494 e. The molecule has 2 atom stereocenters. The Bertz CT molecular complexity index is 1600. The van der Waals surface area contributed by atoms with Crippen LogP contribution >= 0.6 is 11.6 Å². The van der Waals surface area contributed by atoms with Crippen LogP contribution in [0.15, 0.2) is 54.6 Å². The molecule has 1 fully saturated rings. The van der Waals surface area contributed by atoms with E-state index in [1.165, 1.54) is 6.07 Å². The average Bonchev–Trinajstić information content (AvgIpc) is 3.51. The number of H-pyrrole nitrogens is 1. The summed E-state index contributed by atoms with van der Waals surface area (Å²) in [7, 11) is 0. The second kappa shape index (κ2) is 12.6. The SMILES string of the molecule is Cc1cc(OCCCc2c(C(=O)NCc3cccc(C(=O)O)c3)[nH]c3c(C4C(C)NNC4C)cccc23)cc(C)c1Cl. The molecule has 4 aromatic rings. The standard InChI is InChI=1S/C33H37ClN4O4/c1-18-14-24(15-19(2)29(18)34)42-13-7-12-26-25-10-6-11-27(28-20(3)37-38-21(28)4)30(25)36-31(26)32(39)35-17-22-8-5-9-23(16-22)33(40)41/h5-6,8-11,14-16,20-21,28,36-38H,7,12-13,17H2,1-4H3,(H,35,39)(H,40,41). The number of rotatable bonds is 10. The van der Waals surface area contributed by atoms with Crippen LogP contribution in [-0.4, -0.2) is 40.7 Å². The summed E-state index contributed by atoms with van der Waals surface area (Å²) in [4.78, 5) is 28.5. The van der Waals surface area contributed by atoms with E-state index in [9.17, 15) is 14.7 Å². The Kier molecular flexibility index (Phi) is 8.87. The van der Waals surface area contributed by atoms with Crippen molar-refractivity contribution in [3.05, 3.63) is 98.7 Å². The lowest BCUT2D eigenvalue weighted by molar-refractivity contribution is 0.0696. The molecule has 5 rings (SSSR count). The van der Waals surface area contributed by atoms with Crippen molar-refractivity contribution in [1.82, 2.24) is 21.2 Å². The van der Waals surface area contributed by atoms with E-state index in [0.29, 0.717) is 30.7 Å². The Hall–Kier alpha value is -3.85. The molecular weight excluding hydrogens is 552 g/mol. The molecule has 2 unspecified atom stereocenters. The molecule has 8 nitrogen and oxygen atoms in total. The number of hydrazine groups is 1. The normalized spacial score (nSPS) is 18.4. The van der Waals surface area contributed by atoms with Crippen molar-refractivity contribution >= 4 is 34.4 Å². The predicted octanol–water partition coefficient (Wildman–Crippen LogP) is 6.05. The third-order valence-corrected chi connectivity index (χ3v) is 8.65. The number of carboxylic acids is 1. The third-order valence-electron chi connectivity index (χ3n) is 8.05. The Labute approximate surface area is 250 Å². The number of amides is 1. The van der Waals surface area contributed by atoms with Gasteiger partial charge in [0.25, 0.3) is 5.91 Å². The molecule has 220 valence electrons. The third kappa shape index (κ3) is 6.16. The summed E-state index contributed by atoms with van der Waals surface area (Å²) in [6, 6.07) is 17.2. The molecule has 0 bridgehead atoms. The number of carbonyl (C=O) groups excluding carboxylic acids is 1. The molecule has 42 heavy (non-hydrogen) atoms. The molecule has 2 heterocycles. The fourth-order valence-electron chi connectivity index (χ4n) is 5.96. The molecule has 1 saturated heterocycles. The molecule has 0 aliphatic carbocycles. The molecule has 0 saturated carbocycles. The van der Waals surface area contributed by atoms with Crippen molar-refractivity contribution in [1.29, 1.82) is 0 Å². The molecular formula is C33H37ClN4O4. The number of aryl methyl sites for hydroxylation is 3. The maximum atomic E-state index is 13.6. The number of hydrogen-bond acceptors (Lipinski definition) is 5. The first-order valence-electron chi connectivity index (χ1n) is 14.3. The van der Waals surface area contributed by atoms with Crippen LogP contribution in [0.4, 0.5) is 0 Å². The molecule has 0 radical (unpaired) electrons. The molecule has 1 aliphatic heterocycles. The van der Waals surface area contributed by atoms with E-state index in [1.54, 1.807) is 18.2 Å². The smallest absolute Gasteiger partial charge is 0.335 e. The maximum absolute atomic E-state index is 13.6. The van der Waals surface area contributed by atoms with Gasteiger partial charge in [0.2, 0.25) is 0 Å². The van der Waals surface area contributed by atoms with E-state index in [2.05, 4.69) is 53.2 Å². The summed E-state index contributed by atoms with van der Waals surface area (Å²) in [5.41, 5.74) is 13.1. The Morgan fingerprint density at radius 2 is 1.69 bits per heavy atom. The van der Waals surface area contributed by atoms with Gasteiger partial charge >= 0.3 is 5.97 Å². The number of halogens is 1. The van der Waals surface area contributed by atoms with Gasteiger partial charge in [0.05, 0.1) is 12.2 Å². The van der Waals surface area contributed by atoms with Gasteiger partial charge in [-0.1, -0.05) is 41.9 Å². The number of carbonyl (C=O) groups is 2. The molecule has 9 heteroatoms. The molecule has 3 aromatic carbocycles. The number of fused-ring (bicyclic) bond motifs is 1. The van der Waals surface area contributed by atoms with Gasteiger partial charge in [-0.3, -0.25) is 15.6 Å². The molecule has 1 aromatic heterocycles.